The molecule has 0 unspecified atom stereocenters. The Morgan fingerprint density at radius 3 is 2.18 bits per heavy atom. The van der Waals surface area contributed by atoms with E-state index in [0.717, 1.165) is 5.56 Å². The second kappa shape index (κ2) is 10.9. The molecule has 158 valence electrons. The maximum atomic E-state index is 12.0. The van der Waals surface area contributed by atoms with Crippen LogP contribution in [0, 0.1) is 0 Å². The van der Waals surface area contributed by atoms with Gasteiger partial charge in [-0.2, -0.15) is 13.2 Å². The van der Waals surface area contributed by atoms with Crippen molar-refractivity contribution in [3.05, 3.63) is 35.4 Å². The van der Waals surface area contributed by atoms with Crippen molar-refractivity contribution in [2.75, 3.05) is 13.2 Å². The maximum absolute atomic E-state index is 12.0. The fourth-order valence-corrected chi connectivity index (χ4v) is 2.08. The first-order chi connectivity index (χ1) is 12.9. The van der Waals surface area contributed by atoms with Crippen molar-refractivity contribution in [1.82, 2.24) is 10.6 Å². The van der Waals surface area contributed by atoms with E-state index in [1.54, 1.807) is 45.0 Å². The van der Waals surface area contributed by atoms with E-state index >= 15 is 0 Å². The van der Waals surface area contributed by atoms with Crippen LogP contribution in [0.5, 0.6) is 0 Å². The number of halogens is 3. The number of carbonyl (C=O) groups is 2. The zero-order valence-corrected chi connectivity index (χ0v) is 16.3. The highest BCUT2D eigenvalue weighted by molar-refractivity contribution is 5.76. The van der Waals surface area contributed by atoms with Gasteiger partial charge in [-0.05, 0) is 38.3 Å². The number of hydrogen-bond acceptors (Lipinski definition) is 4. The Morgan fingerprint density at radius 1 is 1.00 bits per heavy atom. The van der Waals surface area contributed by atoms with Crippen molar-refractivity contribution in [2.45, 2.75) is 58.5 Å². The van der Waals surface area contributed by atoms with E-state index in [0.29, 0.717) is 25.1 Å². The molecule has 0 aliphatic rings. The quantitative estimate of drug-likeness (QED) is 0.616. The fraction of sp³-hybridized carbons (Fsp3) is 0.579. The van der Waals surface area contributed by atoms with E-state index in [4.69, 9.17) is 4.74 Å². The summed E-state index contributed by atoms with van der Waals surface area (Å²) in [5.41, 5.74) is 0.869. The molecular formula is C19H27F3N2O4. The Bertz CT molecular complexity index is 626. The topological polar surface area (TPSA) is 76.7 Å². The minimum Gasteiger partial charge on any atom is -0.444 e. The first-order valence-electron chi connectivity index (χ1n) is 8.90. The lowest BCUT2D eigenvalue weighted by Gasteiger charge is -2.19. The van der Waals surface area contributed by atoms with E-state index in [1.807, 2.05) is 0 Å². The molecule has 1 aromatic rings. The van der Waals surface area contributed by atoms with Crippen LogP contribution in [0.4, 0.5) is 18.0 Å². The number of rotatable bonds is 9. The highest BCUT2D eigenvalue weighted by atomic mass is 19.4. The van der Waals surface area contributed by atoms with Crippen LogP contribution in [0.3, 0.4) is 0 Å². The number of benzene rings is 1. The first-order valence-corrected chi connectivity index (χ1v) is 8.90. The number of ether oxygens (including phenoxy) is 2. The monoisotopic (exact) mass is 404 g/mol. The van der Waals surface area contributed by atoms with E-state index in [9.17, 15) is 22.8 Å². The van der Waals surface area contributed by atoms with Crippen LogP contribution >= 0.6 is 0 Å². The van der Waals surface area contributed by atoms with Crippen molar-refractivity contribution in [3.63, 3.8) is 0 Å². The molecule has 0 saturated heterocycles. The third-order valence-electron chi connectivity index (χ3n) is 3.30. The second-order valence-electron chi connectivity index (χ2n) is 7.23. The second-order valence-corrected chi connectivity index (χ2v) is 7.23. The number of carbonyl (C=O) groups excluding carboxylic acids is 2. The first kappa shape index (κ1) is 23.7. The Labute approximate surface area is 162 Å². The third kappa shape index (κ3) is 12.2. The van der Waals surface area contributed by atoms with Gasteiger partial charge in [-0.15, -0.1) is 0 Å². The van der Waals surface area contributed by atoms with E-state index < -0.39 is 24.5 Å². The zero-order chi connectivity index (χ0) is 21.2. The zero-order valence-electron chi connectivity index (χ0n) is 16.3. The van der Waals surface area contributed by atoms with Gasteiger partial charge >= 0.3 is 12.3 Å². The lowest BCUT2D eigenvalue weighted by Crippen LogP contribution is -2.33. The van der Waals surface area contributed by atoms with Crippen molar-refractivity contribution < 1.29 is 32.2 Å². The average Bonchev–Trinajstić information content (AvgIpc) is 2.55. The molecule has 0 spiro atoms. The van der Waals surface area contributed by atoms with Crippen molar-refractivity contribution in [2.24, 2.45) is 0 Å². The van der Waals surface area contributed by atoms with Gasteiger partial charge in [-0.25, -0.2) is 4.79 Å². The SMILES string of the molecule is CC(C)(C)OC(=O)NCCCC(=O)NCc1ccc(COCC(F)(F)F)cc1. The minimum atomic E-state index is -4.34. The highest BCUT2D eigenvalue weighted by Crippen LogP contribution is 2.15. The van der Waals surface area contributed by atoms with Crippen LogP contribution in [0.15, 0.2) is 24.3 Å². The summed E-state index contributed by atoms with van der Waals surface area (Å²) >= 11 is 0. The van der Waals surface area contributed by atoms with Crippen LogP contribution < -0.4 is 10.6 Å². The summed E-state index contributed by atoms with van der Waals surface area (Å²) in [5.74, 6) is -0.163. The number of amides is 2. The number of nitrogens with one attached hydrogen (secondary N) is 2. The Balaban J connectivity index is 2.20. The minimum absolute atomic E-state index is 0.128. The highest BCUT2D eigenvalue weighted by Gasteiger charge is 2.27. The average molecular weight is 404 g/mol. The largest absolute Gasteiger partial charge is 0.444 e. The Hall–Kier alpha value is -2.29. The Kier molecular flexibility index (Phi) is 9.24. The van der Waals surface area contributed by atoms with Gasteiger partial charge in [0.25, 0.3) is 0 Å². The van der Waals surface area contributed by atoms with E-state index in [2.05, 4.69) is 15.4 Å². The summed E-state index contributed by atoms with van der Waals surface area (Å²) < 4.78 is 45.7. The number of alkyl carbamates (subject to hydrolysis) is 1. The summed E-state index contributed by atoms with van der Waals surface area (Å²) in [6, 6.07) is 6.75. The van der Waals surface area contributed by atoms with Gasteiger partial charge in [-0.3, -0.25) is 4.79 Å². The molecule has 0 aromatic heterocycles. The fourth-order valence-electron chi connectivity index (χ4n) is 2.08. The van der Waals surface area contributed by atoms with Crippen molar-refractivity contribution in [1.29, 1.82) is 0 Å². The lowest BCUT2D eigenvalue weighted by molar-refractivity contribution is -0.176. The molecule has 0 bridgehead atoms. The van der Waals surface area contributed by atoms with Crippen LogP contribution in [0.1, 0.15) is 44.7 Å². The molecule has 0 aliphatic heterocycles. The van der Waals surface area contributed by atoms with Gasteiger partial charge in [0.1, 0.15) is 12.2 Å². The predicted molar refractivity (Wildman–Crippen MR) is 97.5 cm³/mol. The molecule has 0 aliphatic carbocycles. The molecule has 2 amide bonds. The van der Waals surface area contributed by atoms with Gasteiger partial charge in [0.15, 0.2) is 0 Å². The molecule has 6 nitrogen and oxygen atoms in total. The van der Waals surface area contributed by atoms with Gasteiger partial charge in [-0.1, -0.05) is 24.3 Å². The van der Waals surface area contributed by atoms with Gasteiger partial charge in [0, 0.05) is 19.5 Å². The van der Waals surface area contributed by atoms with Gasteiger partial charge in [0.2, 0.25) is 5.91 Å². The predicted octanol–water partition coefficient (Wildman–Crippen LogP) is 3.69. The van der Waals surface area contributed by atoms with Crippen LogP contribution in [0.2, 0.25) is 0 Å². The molecule has 1 aromatic carbocycles. The van der Waals surface area contributed by atoms with Crippen LogP contribution in [-0.4, -0.2) is 36.9 Å². The molecular weight excluding hydrogens is 377 g/mol. The summed E-state index contributed by atoms with van der Waals surface area (Å²) in [6.45, 7) is 4.52. The maximum Gasteiger partial charge on any atom is 0.411 e. The van der Waals surface area contributed by atoms with Gasteiger partial charge in [0.05, 0.1) is 6.61 Å². The molecule has 0 atom stereocenters. The summed E-state index contributed by atoms with van der Waals surface area (Å²) in [5, 5.41) is 5.32. The molecule has 2 N–H and O–H groups in total. The summed E-state index contributed by atoms with van der Waals surface area (Å²) in [6.07, 6.45) is -4.14. The van der Waals surface area contributed by atoms with Gasteiger partial charge < -0.3 is 20.1 Å². The molecule has 9 heteroatoms. The van der Waals surface area contributed by atoms with E-state index in [1.165, 1.54) is 0 Å². The summed E-state index contributed by atoms with van der Waals surface area (Å²) in [7, 11) is 0. The number of alkyl halides is 3. The lowest BCUT2D eigenvalue weighted by atomic mass is 10.1. The van der Waals surface area contributed by atoms with Crippen molar-refractivity contribution in [3.8, 4) is 0 Å². The smallest absolute Gasteiger partial charge is 0.411 e. The molecule has 28 heavy (non-hydrogen) atoms. The number of hydrogen-bond donors (Lipinski definition) is 2. The third-order valence-corrected chi connectivity index (χ3v) is 3.30. The standard InChI is InChI=1S/C19H27F3N2O4/c1-18(2,3)28-17(26)23-10-4-5-16(25)24-11-14-6-8-15(9-7-14)12-27-13-19(20,21)22/h6-9H,4-5,10-13H2,1-3H3,(H,23,26)(H,24,25). The summed E-state index contributed by atoms with van der Waals surface area (Å²) in [4.78, 5) is 23.3. The Morgan fingerprint density at radius 2 is 1.61 bits per heavy atom. The molecule has 0 fully saturated rings. The van der Waals surface area contributed by atoms with Crippen LogP contribution in [-0.2, 0) is 27.4 Å². The van der Waals surface area contributed by atoms with Crippen molar-refractivity contribution >= 4 is 12.0 Å². The molecule has 0 radical (unpaired) electrons. The van der Waals surface area contributed by atoms with Crippen LogP contribution in [0.25, 0.3) is 0 Å². The van der Waals surface area contributed by atoms with E-state index in [-0.39, 0.29) is 18.9 Å². The normalized spacial score (nSPS) is 11.8. The molecule has 0 saturated carbocycles. The molecule has 1 rings (SSSR count). The molecule has 0 heterocycles.